The molecule has 1 rings (SSSR count). The van der Waals surface area contributed by atoms with Crippen LogP contribution in [0.25, 0.3) is 0 Å². The highest BCUT2D eigenvalue weighted by Crippen LogP contribution is 2.23. The van der Waals surface area contributed by atoms with Crippen LogP contribution in [0, 0.1) is 0 Å². The number of amides is 1. The second kappa shape index (κ2) is 4.61. The van der Waals surface area contributed by atoms with Gasteiger partial charge in [-0.3, -0.25) is 4.79 Å². The van der Waals surface area contributed by atoms with Crippen LogP contribution in [0.5, 0.6) is 0 Å². The van der Waals surface area contributed by atoms with Crippen molar-refractivity contribution in [3.05, 3.63) is 22.8 Å². The smallest absolute Gasteiger partial charge is 0.219 e. The molecule has 0 saturated heterocycles. The number of carbonyl (C=O) groups excluding carboxylic acids is 1. The lowest BCUT2D eigenvalue weighted by atomic mass is 10.0. The lowest BCUT2D eigenvalue weighted by Gasteiger charge is -2.25. The first-order chi connectivity index (χ1) is 6.91. The number of rotatable bonds is 4. The van der Waals surface area contributed by atoms with Crippen molar-refractivity contribution in [2.24, 2.45) is 5.73 Å². The molecule has 0 fully saturated rings. The van der Waals surface area contributed by atoms with E-state index in [0.29, 0.717) is 5.82 Å². The van der Waals surface area contributed by atoms with Gasteiger partial charge in [0.05, 0.1) is 4.47 Å². The van der Waals surface area contributed by atoms with Gasteiger partial charge < -0.3 is 11.1 Å². The van der Waals surface area contributed by atoms with Crippen LogP contribution in [0.15, 0.2) is 22.8 Å². The van der Waals surface area contributed by atoms with E-state index in [0.717, 1.165) is 4.47 Å². The first kappa shape index (κ1) is 12.0. The van der Waals surface area contributed by atoms with E-state index in [1.807, 2.05) is 26.0 Å². The lowest BCUT2D eigenvalue weighted by Crippen LogP contribution is -2.36. The van der Waals surface area contributed by atoms with Crippen molar-refractivity contribution in [2.75, 3.05) is 5.32 Å². The van der Waals surface area contributed by atoms with Crippen LogP contribution in [0.3, 0.4) is 0 Å². The third-order valence-corrected chi connectivity index (χ3v) is 2.47. The number of hydrogen-bond acceptors (Lipinski definition) is 3. The van der Waals surface area contributed by atoms with Crippen molar-refractivity contribution >= 4 is 27.7 Å². The minimum atomic E-state index is -0.400. The fourth-order valence-electron chi connectivity index (χ4n) is 1.28. The molecule has 0 spiro atoms. The molecule has 0 atom stereocenters. The monoisotopic (exact) mass is 271 g/mol. The predicted octanol–water partition coefficient (Wildman–Crippen LogP) is 1.91. The summed E-state index contributed by atoms with van der Waals surface area (Å²) in [6.45, 7) is 3.80. The maximum Gasteiger partial charge on any atom is 0.219 e. The highest BCUT2D eigenvalue weighted by Gasteiger charge is 2.21. The van der Waals surface area contributed by atoms with Gasteiger partial charge in [0.1, 0.15) is 5.82 Å². The Morgan fingerprint density at radius 2 is 2.33 bits per heavy atom. The van der Waals surface area contributed by atoms with Crippen LogP contribution >= 0.6 is 15.9 Å². The number of halogens is 1. The topological polar surface area (TPSA) is 68.0 Å². The molecule has 0 bridgehead atoms. The molecule has 1 aromatic rings. The van der Waals surface area contributed by atoms with Crippen molar-refractivity contribution in [3.63, 3.8) is 0 Å². The van der Waals surface area contributed by atoms with Crippen LogP contribution in [0.1, 0.15) is 20.3 Å². The van der Waals surface area contributed by atoms with Crippen LogP contribution < -0.4 is 11.1 Å². The highest BCUT2D eigenvalue weighted by atomic mass is 79.9. The average Bonchev–Trinajstić information content (AvgIpc) is 2.06. The van der Waals surface area contributed by atoms with Gasteiger partial charge >= 0.3 is 0 Å². The number of pyridine rings is 1. The van der Waals surface area contributed by atoms with E-state index in [9.17, 15) is 4.79 Å². The van der Waals surface area contributed by atoms with Crippen molar-refractivity contribution in [3.8, 4) is 0 Å². The number of nitrogens with two attached hydrogens (primary N) is 1. The first-order valence-corrected chi connectivity index (χ1v) is 5.37. The van der Waals surface area contributed by atoms with Gasteiger partial charge in [-0.05, 0) is 41.9 Å². The zero-order valence-electron chi connectivity index (χ0n) is 8.75. The Labute approximate surface area is 97.4 Å². The predicted molar refractivity (Wildman–Crippen MR) is 63.5 cm³/mol. The van der Waals surface area contributed by atoms with E-state index in [1.165, 1.54) is 0 Å². The molecular formula is C10H14BrN3O. The number of nitrogens with zero attached hydrogens (tertiary/aromatic N) is 1. The summed E-state index contributed by atoms with van der Waals surface area (Å²) < 4.78 is 0.863. The van der Waals surface area contributed by atoms with E-state index in [-0.39, 0.29) is 12.3 Å². The van der Waals surface area contributed by atoms with Gasteiger partial charge in [-0.15, -0.1) is 0 Å². The summed E-state index contributed by atoms with van der Waals surface area (Å²) in [5.41, 5.74) is 4.76. The number of anilines is 1. The fourth-order valence-corrected chi connectivity index (χ4v) is 1.63. The van der Waals surface area contributed by atoms with E-state index < -0.39 is 5.54 Å². The molecule has 5 heteroatoms. The van der Waals surface area contributed by atoms with Crippen molar-refractivity contribution in [2.45, 2.75) is 25.8 Å². The molecule has 1 heterocycles. The maximum atomic E-state index is 10.8. The minimum Gasteiger partial charge on any atom is -0.370 e. The summed E-state index contributed by atoms with van der Waals surface area (Å²) in [7, 11) is 0. The van der Waals surface area contributed by atoms with Crippen LogP contribution in [0.4, 0.5) is 5.82 Å². The number of primary amides is 1. The molecule has 0 aromatic carbocycles. The molecule has 82 valence electrons. The van der Waals surface area contributed by atoms with Gasteiger partial charge in [0, 0.05) is 18.2 Å². The third kappa shape index (κ3) is 3.87. The van der Waals surface area contributed by atoms with Crippen molar-refractivity contribution < 1.29 is 4.79 Å². The summed E-state index contributed by atoms with van der Waals surface area (Å²) in [6, 6.07) is 3.71. The van der Waals surface area contributed by atoms with Crippen LogP contribution in [-0.4, -0.2) is 16.4 Å². The van der Waals surface area contributed by atoms with Gasteiger partial charge in [0.2, 0.25) is 5.91 Å². The molecule has 1 aromatic heterocycles. The molecule has 3 N–H and O–H groups in total. The standard InChI is InChI=1S/C10H14BrN3O/c1-10(2,6-8(12)15)14-9-7(11)4-3-5-13-9/h3-5H,6H2,1-2H3,(H2,12,15)(H,13,14). The zero-order chi connectivity index (χ0) is 11.5. The molecule has 1 amide bonds. The van der Waals surface area contributed by atoms with Crippen LogP contribution in [-0.2, 0) is 4.79 Å². The number of hydrogen-bond donors (Lipinski definition) is 2. The zero-order valence-corrected chi connectivity index (χ0v) is 10.3. The Bertz CT molecular complexity index is 365. The molecule has 0 unspecified atom stereocenters. The van der Waals surface area contributed by atoms with Gasteiger partial charge in [0.25, 0.3) is 0 Å². The molecule has 0 aliphatic rings. The minimum absolute atomic E-state index is 0.260. The third-order valence-electron chi connectivity index (χ3n) is 1.83. The summed E-state index contributed by atoms with van der Waals surface area (Å²) in [5, 5.41) is 3.16. The quantitative estimate of drug-likeness (QED) is 0.879. The molecule has 0 radical (unpaired) electrons. The number of carbonyl (C=O) groups is 1. The molecule has 15 heavy (non-hydrogen) atoms. The normalized spacial score (nSPS) is 11.1. The van der Waals surface area contributed by atoms with Crippen molar-refractivity contribution in [1.82, 2.24) is 4.98 Å². The van der Waals surface area contributed by atoms with Gasteiger partial charge in [0.15, 0.2) is 0 Å². The summed E-state index contributed by atoms with van der Waals surface area (Å²) >= 11 is 3.37. The SMILES string of the molecule is CC(C)(CC(N)=O)Nc1ncccc1Br. The van der Waals surface area contributed by atoms with E-state index >= 15 is 0 Å². The second-order valence-electron chi connectivity index (χ2n) is 3.99. The van der Waals surface area contributed by atoms with Gasteiger partial charge in [-0.25, -0.2) is 4.98 Å². The largest absolute Gasteiger partial charge is 0.370 e. The average molecular weight is 272 g/mol. The summed E-state index contributed by atoms with van der Waals surface area (Å²) in [6.07, 6.45) is 1.95. The Balaban J connectivity index is 2.77. The summed E-state index contributed by atoms with van der Waals surface area (Å²) in [5.74, 6) is 0.378. The van der Waals surface area contributed by atoms with Crippen molar-refractivity contribution in [1.29, 1.82) is 0 Å². The molecule has 0 saturated carbocycles. The second-order valence-corrected chi connectivity index (χ2v) is 4.84. The summed E-state index contributed by atoms with van der Waals surface area (Å²) in [4.78, 5) is 15.0. The van der Waals surface area contributed by atoms with Gasteiger partial charge in [-0.2, -0.15) is 0 Å². The molecule has 4 nitrogen and oxygen atoms in total. The number of nitrogens with one attached hydrogen (secondary N) is 1. The lowest BCUT2D eigenvalue weighted by molar-refractivity contribution is -0.118. The maximum absolute atomic E-state index is 10.8. The van der Waals surface area contributed by atoms with Gasteiger partial charge in [-0.1, -0.05) is 0 Å². The van der Waals surface area contributed by atoms with E-state index in [1.54, 1.807) is 6.20 Å². The Morgan fingerprint density at radius 1 is 1.67 bits per heavy atom. The van der Waals surface area contributed by atoms with Crippen LogP contribution in [0.2, 0.25) is 0 Å². The number of aromatic nitrogens is 1. The Hall–Kier alpha value is -1.10. The first-order valence-electron chi connectivity index (χ1n) is 4.58. The molecule has 0 aliphatic heterocycles. The molecule has 0 aliphatic carbocycles. The van der Waals surface area contributed by atoms with E-state index in [2.05, 4.69) is 26.2 Å². The van der Waals surface area contributed by atoms with E-state index in [4.69, 9.17) is 5.73 Å². The Kier molecular flexibility index (Phi) is 3.68. The Morgan fingerprint density at radius 3 is 2.87 bits per heavy atom. The fraction of sp³-hybridized carbons (Fsp3) is 0.400. The highest BCUT2D eigenvalue weighted by molar-refractivity contribution is 9.10. The molecular weight excluding hydrogens is 258 g/mol.